The van der Waals surface area contributed by atoms with Crippen molar-refractivity contribution in [2.24, 2.45) is 0 Å². The average molecular weight is 422 g/mol. The van der Waals surface area contributed by atoms with E-state index in [1.165, 1.54) is 55.3 Å². The normalized spacial score (nSPS) is 11.1. The van der Waals surface area contributed by atoms with Crippen LogP contribution in [0.15, 0.2) is 48.5 Å². The summed E-state index contributed by atoms with van der Waals surface area (Å²) >= 11 is 0. The molecule has 0 radical (unpaired) electrons. The maximum absolute atomic E-state index is 12.9. The minimum absolute atomic E-state index is 0.147. The van der Waals surface area contributed by atoms with E-state index in [1.54, 1.807) is 12.1 Å². The number of non-ortho nitro benzene ring substituents is 1. The van der Waals surface area contributed by atoms with Crippen LogP contribution in [0, 0.1) is 10.1 Å². The molecule has 156 valence electrons. The number of hydrogen-bond acceptors (Lipinski definition) is 7. The largest absolute Gasteiger partial charge is 0.383 e. The lowest BCUT2D eigenvalue weighted by molar-refractivity contribution is -0.384. The van der Waals surface area contributed by atoms with Crippen molar-refractivity contribution in [1.82, 2.24) is 4.90 Å². The van der Waals surface area contributed by atoms with Crippen molar-refractivity contribution >= 4 is 21.7 Å². The summed E-state index contributed by atoms with van der Waals surface area (Å²) in [6, 6.07) is 11.9. The van der Waals surface area contributed by atoms with Crippen molar-refractivity contribution in [2.75, 3.05) is 26.0 Å². The second kappa shape index (κ2) is 9.99. The van der Waals surface area contributed by atoms with Gasteiger partial charge in [0.2, 0.25) is 0 Å². The molecule has 0 bridgehead atoms. The zero-order chi connectivity index (χ0) is 21.4. The molecule has 2 rings (SSSR count). The first-order valence-corrected chi connectivity index (χ1v) is 10.4. The third kappa shape index (κ3) is 6.54. The number of benzene rings is 2. The van der Waals surface area contributed by atoms with Crippen molar-refractivity contribution in [1.29, 1.82) is 0 Å². The molecule has 9 nitrogen and oxygen atoms in total. The first kappa shape index (κ1) is 22.3. The highest BCUT2D eigenvalue weighted by Gasteiger charge is 2.19. The Labute approximate surface area is 169 Å². The van der Waals surface area contributed by atoms with E-state index < -0.39 is 20.9 Å². The summed E-state index contributed by atoms with van der Waals surface area (Å²) < 4.78 is 33.4. The summed E-state index contributed by atoms with van der Waals surface area (Å²) in [4.78, 5) is 24.8. The van der Waals surface area contributed by atoms with Gasteiger partial charge in [0.05, 0.1) is 17.3 Å². The van der Waals surface area contributed by atoms with Gasteiger partial charge in [0, 0.05) is 37.9 Å². The molecule has 0 N–H and O–H groups in total. The predicted molar refractivity (Wildman–Crippen MR) is 106 cm³/mol. The molecule has 29 heavy (non-hydrogen) atoms. The van der Waals surface area contributed by atoms with Gasteiger partial charge in [-0.3, -0.25) is 14.9 Å². The van der Waals surface area contributed by atoms with Gasteiger partial charge in [0.15, 0.2) is 0 Å². The van der Waals surface area contributed by atoms with Gasteiger partial charge in [-0.1, -0.05) is 18.2 Å². The number of methoxy groups -OCH3 is 1. The predicted octanol–water partition coefficient (Wildman–Crippen LogP) is 2.61. The topological polar surface area (TPSA) is 116 Å². The molecule has 0 atom stereocenters. The zero-order valence-corrected chi connectivity index (χ0v) is 16.9. The van der Waals surface area contributed by atoms with E-state index in [-0.39, 0.29) is 42.4 Å². The lowest BCUT2D eigenvalue weighted by atomic mass is 10.1. The highest BCUT2D eigenvalue weighted by atomic mass is 32.2. The Morgan fingerprint density at radius 2 is 1.90 bits per heavy atom. The smallest absolute Gasteiger partial charge is 0.308 e. The molecule has 0 spiro atoms. The number of nitro benzene ring substituents is 1. The molecular formula is C19H22N2O7S. The van der Waals surface area contributed by atoms with Crippen LogP contribution in [0.3, 0.4) is 0 Å². The first-order valence-electron chi connectivity index (χ1n) is 8.79. The van der Waals surface area contributed by atoms with Crippen LogP contribution in [0.1, 0.15) is 22.8 Å². The molecule has 0 aromatic heterocycles. The summed E-state index contributed by atoms with van der Waals surface area (Å²) in [7, 11) is -2.17. The highest BCUT2D eigenvalue weighted by Crippen LogP contribution is 2.19. The minimum atomic E-state index is -3.67. The van der Waals surface area contributed by atoms with Crippen LogP contribution in [-0.4, -0.2) is 50.2 Å². The molecule has 0 aliphatic carbocycles. The van der Waals surface area contributed by atoms with Crippen molar-refractivity contribution in [3.8, 4) is 5.75 Å². The van der Waals surface area contributed by atoms with Crippen LogP contribution < -0.4 is 4.18 Å². The van der Waals surface area contributed by atoms with Crippen molar-refractivity contribution < 1.29 is 27.1 Å². The second-order valence-electron chi connectivity index (χ2n) is 6.10. The van der Waals surface area contributed by atoms with Crippen molar-refractivity contribution in [2.45, 2.75) is 13.5 Å². The molecule has 0 saturated carbocycles. The molecule has 2 aromatic rings. The van der Waals surface area contributed by atoms with E-state index in [1.807, 2.05) is 0 Å². The first-order chi connectivity index (χ1) is 13.8. The lowest BCUT2D eigenvalue weighted by Gasteiger charge is -2.23. The summed E-state index contributed by atoms with van der Waals surface area (Å²) in [5, 5.41) is 11.0. The van der Waals surface area contributed by atoms with Gasteiger partial charge in [-0.05, 0) is 30.7 Å². The second-order valence-corrected chi connectivity index (χ2v) is 7.96. The molecule has 0 heterocycles. The number of nitro groups is 1. The molecule has 0 aliphatic heterocycles. The summed E-state index contributed by atoms with van der Waals surface area (Å²) in [6.07, 6.45) is 0. The Morgan fingerprint density at radius 1 is 1.17 bits per heavy atom. The van der Waals surface area contributed by atoms with Gasteiger partial charge < -0.3 is 13.8 Å². The number of rotatable bonds is 10. The number of amides is 1. The van der Waals surface area contributed by atoms with Gasteiger partial charge in [0.1, 0.15) is 5.75 Å². The van der Waals surface area contributed by atoms with E-state index in [2.05, 4.69) is 0 Å². The van der Waals surface area contributed by atoms with Crippen LogP contribution >= 0.6 is 0 Å². The van der Waals surface area contributed by atoms with E-state index in [0.29, 0.717) is 5.56 Å². The van der Waals surface area contributed by atoms with Crippen LogP contribution in [-0.2, 0) is 21.4 Å². The van der Waals surface area contributed by atoms with Crippen molar-refractivity contribution in [3.05, 3.63) is 69.8 Å². The highest BCUT2D eigenvalue weighted by molar-refractivity contribution is 7.87. The Morgan fingerprint density at radius 3 is 2.55 bits per heavy atom. The zero-order valence-electron chi connectivity index (χ0n) is 16.1. The lowest BCUT2D eigenvalue weighted by Crippen LogP contribution is -2.33. The number of ether oxygens (including phenoxy) is 1. The van der Waals surface area contributed by atoms with Crippen molar-refractivity contribution in [3.63, 3.8) is 0 Å². The third-order valence-electron chi connectivity index (χ3n) is 4.01. The summed E-state index contributed by atoms with van der Waals surface area (Å²) in [5.41, 5.74) is 0.641. The number of nitrogens with zero attached hydrogens (tertiary/aromatic N) is 2. The van der Waals surface area contributed by atoms with E-state index in [9.17, 15) is 23.3 Å². The number of carbonyl (C=O) groups excluding carboxylic acids is 1. The average Bonchev–Trinajstić information content (AvgIpc) is 2.70. The number of carbonyl (C=O) groups is 1. The Balaban J connectivity index is 2.26. The van der Waals surface area contributed by atoms with E-state index in [4.69, 9.17) is 8.92 Å². The summed E-state index contributed by atoms with van der Waals surface area (Å²) in [5.74, 6) is -0.417. The van der Waals surface area contributed by atoms with Gasteiger partial charge in [-0.2, -0.15) is 8.42 Å². The maximum Gasteiger partial charge on any atom is 0.308 e. The monoisotopic (exact) mass is 422 g/mol. The van der Waals surface area contributed by atoms with Gasteiger partial charge in [-0.15, -0.1) is 0 Å². The minimum Gasteiger partial charge on any atom is -0.383 e. The third-order valence-corrected chi connectivity index (χ3v) is 5.16. The molecule has 2 aromatic carbocycles. The standard InChI is InChI=1S/C19H22N2O7S/c1-3-29(25,26)28-18-9-4-6-15(12-18)14-20(10-11-27-2)19(22)16-7-5-8-17(13-16)21(23)24/h4-9,12-13H,3,10-11,14H2,1-2H3. The van der Waals surface area contributed by atoms with Gasteiger partial charge >= 0.3 is 10.1 Å². The SMILES string of the molecule is CCS(=O)(=O)Oc1cccc(CN(CCOC)C(=O)c2cccc([N+](=O)[O-])c2)c1. The van der Waals surface area contributed by atoms with E-state index >= 15 is 0 Å². The fraction of sp³-hybridized carbons (Fsp3) is 0.316. The molecule has 10 heteroatoms. The molecular weight excluding hydrogens is 400 g/mol. The number of hydrogen-bond donors (Lipinski definition) is 0. The Kier molecular flexibility index (Phi) is 7.68. The van der Waals surface area contributed by atoms with Gasteiger partial charge in [-0.25, -0.2) is 0 Å². The Hall–Kier alpha value is -2.98. The Bertz CT molecular complexity index is 976. The fourth-order valence-electron chi connectivity index (χ4n) is 2.51. The molecule has 0 saturated heterocycles. The quantitative estimate of drug-likeness (QED) is 0.328. The van der Waals surface area contributed by atoms with Crippen LogP contribution in [0.25, 0.3) is 0 Å². The van der Waals surface area contributed by atoms with Crippen LogP contribution in [0.2, 0.25) is 0 Å². The summed E-state index contributed by atoms with van der Waals surface area (Å²) in [6.45, 7) is 2.13. The molecule has 1 amide bonds. The molecule has 0 fully saturated rings. The van der Waals surface area contributed by atoms with Crippen LogP contribution in [0.5, 0.6) is 5.75 Å². The van der Waals surface area contributed by atoms with E-state index in [0.717, 1.165) is 0 Å². The maximum atomic E-state index is 12.9. The van der Waals surface area contributed by atoms with Crippen LogP contribution in [0.4, 0.5) is 5.69 Å². The molecule has 0 aliphatic rings. The van der Waals surface area contributed by atoms with Gasteiger partial charge in [0.25, 0.3) is 11.6 Å². The molecule has 0 unspecified atom stereocenters. The fourth-order valence-corrected chi connectivity index (χ4v) is 3.03.